The predicted molar refractivity (Wildman–Crippen MR) is 49.8 cm³/mol. The number of carbonyl (C=O) groups excluding carboxylic acids is 3. The summed E-state index contributed by atoms with van der Waals surface area (Å²) in [5.41, 5.74) is -1.82. The Labute approximate surface area is 86.8 Å². The molecular weight excluding hydrogens is 204 g/mol. The number of fused-ring (bicyclic) bond motifs is 2. The third kappa shape index (κ3) is 0.738. The van der Waals surface area contributed by atoms with Crippen LogP contribution in [-0.4, -0.2) is 16.8 Å². The van der Waals surface area contributed by atoms with Crippen LogP contribution in [-0.2, 0) is 14.4 Å². The summed E-state index contributed by atoms with van der Waals surface area (Å²) < 4.78 is 0. The summed E-state index contributed by atoms with van der Waals surface area (Å²) in [5.74, 6) is -1.29. The number of carbonyl (C=O) groups is 3. The molecule has 2 fully saturated rings. The van der Waals surface area contributed by atoms with Crippen LogP contribution >= 0.6 is 11.6 Å². The molecule has 4 heteroatoms. The van der Waals surface area contributed by atoms with Crippen LogP contribution in [0.4, 0.5) is 0 Å². The first-order chi connectivity index (χ1) is 6.35. The van der Waals surface area contributed by atoms with Gasteiger partial charge >= 0.3 is 0 Å². The molecule has 0 aromatic rings. The highest BCUT2D eigenvalue weighted by Crippen LogP contribution is 2.63. The molecule has 2 bridgehead atoms. The van der Waals surface area contributed by atoms with Crippen molar-refractivity contribution in [1.82, 2.24) is 0 Å². The van der Waals surface area contributed by atoms with Crippen molar-refractivity contribution in [2.75, 3.05) is 0 Å². The monoisotopic (exact) mass is 214 g/mol. The highest BCUT2D eigenvalue weighted by atomic mass is 35.5. The molecule has 2 aliphatic carbocycles. The van der Waals surface area contributed by atoms with E-state index in [1.165, 1.54) is 0 Å². The molecule has 2 saturated carbocycles. The maximum atomic E-state index is 11.7. The number of hydrogen-bond acceptors (Lipinski definition) is 3. The average molecular weight is 215 g/mol. The van der Waals surface area contributed by atoms with Crippen molar-refractivity contribution in [2.24, 2.45) is 16.7 Å². The van der Waals surface area contributed by atoms with Gasteiger partial charge in [0.1, 0.15) is 5.41 Å². The Morgan fingerprint density at radius 3 is 2.29 bits per heavy atom. The van der Waals surface area contributed by atoms with Gasteiger partial charge in [0, 0.05) is 5.92 Å². The molecule has 0 heterocycles. The van der Waals surface area contributed by atoms with E-state index in [1.807, 2.05) is 0 Å². The lowest BCUT2D eigenvalue weighted by Crippen LogP contribution is -2.42. The number of hydrogen-bond donors (Lipinski definition) is 0. The first-order valence-electron chi connectivity index (χ1n) is 4.64. The molecule has 0 aliphatic heterocycles. The van der Waals surface area contributed by atoms with E-state index < -0.39 is 27.6 Å². The number of halogens is 1. The van der Waals surface area contributed by atoms with Crippen LogP contribution in [0.15, 0.2) is 0 Å². The first-order valence-corrected chi connectivity index (χ1v) is 5.02. The normalized spacial score (nSPS) is 39.2. The summed E-state index contributed by atoms with van der Waals surface area (Å²) in [6, 6.07) is 0. The van der Waals surface area contributed by atoms with E-state index >= 15 is 0 Å². The van der Waals surface area contributed by atoms with Crippen LogP contribution in [0.2, 0.25) is 0 Å². The summed E-state index contributed by atoms with van der Waals surface area (Å²) in [5, 5.41) is -0.666. The van der Waals surface area contributed by atoms with Gasteiger partial charge in [0.05, 0.1) is 0 Å². The number of rotatable bonds is 1. The van der Waals surface area contributed by atoms with Crippen LogP contribution in [0.25, 0.3) is 0 Å². The van der Waals surface area contributed by atoms with Crippen molar-refractivity contribution in [3.05, 3.63) is 0 Å². The van der Waals surface area contributed by atoms with Crippen molar-refractivity contribution in [2.45, 2.75) is 26.7 Å². The minimum atomic E-state index is -1.23. The minimum Gasteiger partial charge on any atom is -0.291 e. The van der Waals surface area contributed by atoms with E-state index in [2.05, 4.69) is 0 Å². The zero-order valence-corrected chi connectivity index (χ0v) is 8.85. The van der Waals surface area contributed by atoms with Crippen molar-refractivity contribution < 1.29 is 14.4 Å². The zero-order chi connectivity index (χ0) is 10.7. The van der Waals surface area contributed by atoms with E-state index in [-0.39, 0.29) is 5.92 Å². The standard InChI is InChI=1S/C10H11ClO3/c1-9(2)5-3-4-10(9,8(11)14)7(13)6(5)12/h5H,3-4H2,1-2H3/t5-,10+/m0/s1. The van der Waals surface area contributed by atoms with E-state index in [4.69, 9.17) is 11.6 Å². The van der Waals surface area contributed by atoms with E-state index in [9.17, 15) is 14.4 Å². The summed E-state index contributed by atoms with van der Waals surface area (Å²) in [6.45, 7) is 3.57. The van der Waals surface area contributed by atoms with Crippen LogP contribution < -0.4 is 0 Å². The Morgan fingerprint density at radius 2 is 2.00 bits per heavy atom. The van der Waals surface area contributed by atoms with Gasteiger partial charge in [0.25, 0.3) is 0 Å². The average Bonchev–Trinajstić information content (AvgIpc) is 2.41. The summed E-state index contributed by atoms with van der Waals surface area (Å²) >= 11 is 5.50. The minimum absolute atomic E-state index is 0.308. The molecule has 0 N–H and O–H groups in total. The van der Waals surface area contributed by atoms with Gasteiger partial charge in [0.15, 0.2) is 0 Å². The number of Topliss-reactive ketones (excluding diaryl/α,β-unsaturated/α-hetero) is 2. The van der Waals surface area contributed by atoms with Gasteiger partial charge in [-0.15, -0.1) is 0 Å². The molecule has 2 aliphatic rings. The largest absolute Gasteiger partial charge is 0.291 e. The Kier molecular flexibility index (Phi) is 1.72. The number of ketones is 2. The Balaban J connectivity index is 2.65. The Hall–Kier alpha value is -0.700. The second-order valence-electron chi connectivity index (χ2n) is 4.69. The maximum Gasteiger partial charge on any atom is 0.236 e. The van der Waals surface area contributed by atoms with Crippen LogP contribution in [0.5, 0.6) is 0 Å². The fourth-order valence-electron chi connectivity index (χ4n) is 3.02. The zero-order valence-electron chi connectivity index (χ0n) is 8.09. The van der Waals surface area contributed by atoms with Gasteiger partial charge in [-0.3, -0.25) is 14.4 Å². The third-order valence-corrected chi connectivity index (χ3v) is 4.37. The lowest BCUT2D eigenvalue weighted by atomic mass is 9.70. The van der Waals surface area contributed by atoms with Gasteiger partial charge in [-0.25, -0.2) is 0 Å². The third-order valence-electron chi connectivity index (χ3n) is 4.04. The predicted octanol–water partition coefficient (Wildman–Crippen LogP) is 1.33. The molecule has 0 saturated heterocycles. The molecule has 0 radical (unpaired) electrons. The van der Waals surface area contributed by atoms with Gasteiger partial charge in [-0.1, -0.05) is 13.8 Å². The van der Waals surface area contributed by atoms with Gasteiger partial charge in [0.2, 0.25) is 16.8 Å². The van der Waals surface area contributed by atoms with Crippen molar-refractivity contribution in [1.29, 1.82) is 0 Å². The van der Waals surface area contributed by atoms with Crippen LogP contribution in [0, 0.1) is 16.7 Å². The topological polar surface area (TPSA) is 51.2 Å². The van der Waals surface area contributed by atoms with E-state index in [0.717, 1.165) is 0 Å². The Bertz CT molecular complexity index is 358. The molecule has 0 spiro atoms. The maximum absolute atomic E-state index is 11.7. The molecule has 0 amide bonds. The molecule has 2 rings (SSSR count). The van der Waals surface area contributed by atoms with Crippen molar-refractivity contribution in [3.63, 3.8) is 0 Å². The second-order valence-corrected chi connectivity index (χ2v) is 5.03. The van der Waals surface area contributed by atoms with Gasteiger partial charge in [-0.2, -0.15) is 0 Å². The lowest BCUT2D eigenvalue weighted by molar-refractivity contribution is -0.145. The van der Waals surface area contributed by atoms with Crippen LogP contribution in [0.3, 0.4) is 0 Å². The van der Waals surface area contributed by atoms with E-state index in [1.54, 1.807) is 13.8 Å². The Morgan fingerprint density at radius 1 is 1.43 bits per heavy atom. The van der Waals surface area contributed by atoms with Crippen LogP contribution in [0.1, 0.15) is 26.7 Å². The first kappa shape index (κ1) is 9.84. The quantitative estimate of drug-likeness (QED) is 0.376. The smallest absolute Gasteiger partial charge is 0.236 e. The fourth-order valence-corrected chi connectivity index (χ4v) is 3.44. The van der Waals surface area contributed by atoms with Gasteiger partial charge < -0.3 is 0 Å². The molecule has 0 aromatic carbocycles. The van der Waals surface area contributed by atoms with E-state index in [0.29, 0.717) is 12.8 Å². The molecule has 76 valence electrons. The van der Waals surface area contributed by atoms with Crippen molar-refractivity contribution >= 4 is 28.4 Å². The van der Waals surface area contributed by atoms with Crippen molar-refractivity contribution in [3.8, 4) is 0 Å². The molecule has 0 aromatic heterocycles. The SMILES string of the molecule is CC1(C)[C@H]2CC[C@]1(C(=O)Cl)C(=O)C2=O. The molecule has 14 heavy (non-hydrogen) atoms. The molecule has 0 unspecified atom stereocenters. The summed E-state index contributed by atoms with van der Waals surface area (Å²) in [4.78, 5) is 34.6. The molecule has 2 atom stereocenters. The highest BCUT2D eigenvalue weighted by molar-refractivity contribution is 6.69. The summed E-state index contributed by atoms with van der Waals surface area (Å²) in [7, 11) is 0. The molecular formula is C10H11ClO3. The lowest BCUT2D eigenvalue weighted by Gasteiger charge is -2.31. The fraction of sp³-hybridized carbons (Fsp3) is 0.700. The highest BCUT2D eigenvalue weighted by Gasteiger charge is 2.72. The second kappa shape index (κ2) is 2.45. The summed E-state index contributed by atoms with van der Waals surface area (Å²) in [6.07, 6.45) is 1.04. The van der Waals surface area contributed by atoms with Gasteiger partial charge in [-0.05, 0) is 29.9 Å². The molecule has 3 nitrogen and oxygen atoms in total.